The summed E-state index contributed by atoms with van der Waals surface area (Å²) < 4.78 is 24.7. The highest BCUT2D eigenvalue weighted by Crippen LogP contribution is 2.19. The summed E-state index contributed by atoms with van der Waals surface area (Å²) in [5, 5.41) is 4.28. The summed E-state index contributed by atoms with van der Waals surface area (Å²) in [5.41, 5.74) is 0.932. The van der Waals surface area contributed by atoms with Gasteiger partial charge in [-0.1, -0.05) is 30.3 Å². The molecule has 9 heteroatoms. The Kier molecular flexibility index (Phi) is 5.51. The van der Waals surface area contributed by atoms with E-state index in [9.17, 15) is 18.0 Å². The lowest BCUT2D eigenvalue weighted by Crippen LogP contribution is -2.52. The van der Waals surface area contributed by atoms with Crippen LogP contribution >= 0.6 is 0 Å². The minimum absolute atomic E-state index is 0.0585. The van der Waals surface area contributed by atoms with Gasteiger partial charge in [0.1, 0.15) is 5.69 Å². The average Bonchev–Trinajstić information content (AvgIpc) is 3.10. The van der Waals surface area contributed by atoms with Crippen molar-refractivity contribution in [3.8, 4) is 0 Å². The molecule has 0 N–H and O–H groups in total. The molecule has 2 saturated heterocycles. The molecule has 4 rings (SSSR count). The first-order chi connectivity index (χ1) is 13.9. The van der Waals surface area contributed by atoms with Crippen molar-refractivity contribution in [3.63, 3.8) is 0 Å². The van der Waals surface area contributed by atoms with E-state index in [1.54, 1.807) is 4.90 Å². The second-order valence-electron chi connectivity index (χ2n) is 7.59. The standard InChI is InChI=1S/C20H24N4O4S/c25-19-7-6-18(21-24(19)14-16-4-2-1-3-5-16)20(26)23-11-9-22(10-12-23)17-8-13-29(27,28)15-17/h1-7,17H,8-15H2/t17-/m1/s1. The van der Waals surface area contributed by atoms with E-state index in [0.717, 1.165) is 5.56 Å². The maximum Gasteiger partial charge on any atom is 0.274 e. The first kappa shape index (κ1) is 19.8. The zero-order valence-electron chi connectivity index (χ0n) is 16.1. The van der Waals surface area contributed by atoms with Crippen molar-refractivity contribution in [2.45, 2.75) is 19.0 Å². The fourth-order valence-corrected chi connectivity index (χ4v) is 5.71. The highest BCUT2D eigenvalue weighted by molar-refractivity contribution is 7.91. The van der Waals surface area contributed by atoms with Gasteiger partial charge in [0, 0.05) is 38.3 Å². The number of carbonyl (C=O) groups is 1. The summed E-state index contributed by atoms with van der Waals surface area (Å²) in [6.45, 7) is 2.65. The molecule has 0 spiro atoms. The monoisotopic (exact) mass is 416 g/mol. The first-order valence-corrected chi connectivity index (χ1v) is 11.6. The van der Waals surface area contributed by atoms with Crippen LogP contribution < -0.4 is 5.56 Å². The van der Waals surface area contributed by atoms with Gasteiger partial charge in [0.15, 0.2) is 9.84 Å². The Morgan fingerprint density at radius 3 is 2.41 bits per heavy atom. The second-order valence-corrected chi connectivity index (χ2v) is 9.81. The molecule has 3 heterocycles. The fourth-order valence-electron chi connectivity index (χ4n) is 3.95. The van der Waals surface area contributed by atoms with Gasteiger partial charge >= 0.3 is 0 Å². The molecule has 2 aliphatic rings. The van der Waals surface area contributed by atoms with Crippen molar-refractivity contribution in [1.82, 2.24) is 19.6 Å². The van der Waals surface area contributed by atoms with E-state index in [-0.39, 0.29) is 34.7 Å². The van der Waals surface area contributed by atoms with Crippen molar-refractivity contribution in [3.05, 3.63) is 64.1 Å². The molecule has 1 atom stereocenters. The van der Waals surface area contributed by atoms with E-state index in [1.807, 2.05) is 30.3 Å². The van der Waals surface area contributed by atoms with Crippen LogP contribution in [0.2, 0.25) is 0 Å². The number of benzene rings is 1. The lowest BCUT2D eigenvalue weighted by Gasteiger charge is -2.37. The van der Waals surface area contributed by atoms with Gasteiger partial charge in [-0.05, 0) is 18.1 Å². The fraction of sp³-hybridized carbons (Fsp3) is 0.450. The molecule has 2 aromatic rings. The molecule has 1 aromatic heterocycles. The lowest BCUT2D eigenvalue weighted by molar-refractivity contribution is 0.0580. The average molecular weight is 417 g/mol. The van der Waals surface area contributed by atoms with Crippen LogP contribution in [0, 0.1) is 0 Å². The summed E-state index contributed by atoms with van der Waals surface area (Å²) >= 11 is 0. The quantitative estimate of drug-likeness (QED) is 0.709. The van der Waals surface area contributed by atoms with Crippen LogP contribution in [0.4, 0.5) is 0 Å². The minimum Gasteiger partial charge on any atom is -0.335 e. The molecule has 2 fully saturated rings. The SMILES string of the molecule is O=C(c1ccc(=O)n(Cc2ccccc2)n1)N1CCN([C@@H]2CCS(=O)(=O)C2)CC1. The number of nitrogens with zero attached hydrogens (tertiary/aromatic N) is 4. The highest BCUT2D eigenvalue weighted by atomic mass is 32.2. The molecule has 2 aliphatic heterocycles. The molecule has 0 unspecified atom stereocenters. The van der Waals surface area contributed by atoms with Gasteiger partial charge in [0.25, 0.3) is 11.5 Å². The normalized spacial score (nSPS) is 21.9. The molecular formula is C20H24N4O4S. The largest absolute Gasteiger partial charge is 0.335 e. The van der Waals surface area contributed by atoms with Crippen LogP contribution in [0.15, 0.2) is 47.3 Å². The van der Waals surface area contributed by atoms with Crippen molar-refractivity contribution >= 4 is 15.7 Å². The number of hydrogen-bond donors (Lipinski definition) is 0. The second kappa shape index (κ2) is 8.08. The zero-order valence-corrected chi connectivity index (χ0v) is 16.9. The Hall–Kier alpha value is -2.52. The van der Waals surface area contributed by atoms with Gasteiger partial charge in [-0.15, -0.1) is 0 Å². The number of hydrogen-bond acceptors (Lipinski definition) is 6. The summed E-state index contributed by atoms with van der Waals surface area (Å²) in [7, 11) is -2.92. The number of aromatic nitrogens is 2. The third-order valence-corrected chi connectivity index (χ3v) is 7.34. The van der Waals surface area contributed by atoms with Crippen molar-refractivity contribution in [2.24, 2.45) is 0 Å². The molecule has 0 bridgehead atoms. The zero-order chi connectivity index (χ0) is 20.4. The summed E-state index contributed by atoms with van der Waals surface area (Å²) in [6.07, 6.45) is 0.669. The van der Waals surface area contributed by atoms with E-state index >= 15 is 0 Å². The number of rotatable bonds is 4. The first-order valence-electron chi connectivity index (χ1n) is 9.77. The number of sulfone groups is 1. The highest BCUT2D eigenvalue weighted by Gasteiger charge is 2.34. The number of amides is 1. The summed E-state index contributed by atoms with van der Waals surface area (Å²) in [6, 6.07) is 12.4. The van der Waals surface area contributed by atoms with Crippen LogP contribution in [0.1, 0.15) is 22.5 Å². The summed E-state index contributed by atoms with van der Waals surface area (Å²) in [5.74, 6) is 0.266. The maximum atomic E-state index is 12.9. The predicted octanol–water partition coefficient (Wildman–Crippen LogP) is 0.237. The Labute approximate surface area is 169 Å². The molecular weight excluding hydrogens is 392 g/mol. The van der Waals surface area contributed by atoms with E-state index in [2.05, 4.69) is 10.00 Å². The lowest BCUT2D eigenvalue weighted by atomic mass is 10.2. The third-order valence-electron chi connectivity index (χ3n) is 5.59. The van der Waals surface area contributed by atoms with Crippen molar-refractivity contribution in [1.29, 1.82) is 0 Å². The van der Waals surface area contributed by atoms with Crippen LogP contribution in [0.5, 0.6) is 0 Å². The molecule has 1 aromatic carbocycles. The predicted molar refractivity (Wildman–Crippen MR) is 109 cm³/mol. The van der Waals surface area contributed by atoms with Crippen LogP contribution in [0.25, 0.3) is 0 Å². The Balaban J connectivity index is 1.41. The molecule has 29 heavy (non-hydrogen) atoms. The van der Waals surface area contributed by atoms with Crippen molar-refractivity contribution in [2.75, 3.05) is 37.7 Å². The van der Waals surface area contributed by atoms with Crippen LogP contribution in [-0.4, -0.2) is 77.6 Å². The maximum absolute atomic E-state index is 12.9. The van der Waals surface area contributed by atoms with Crippen LogP contribution in [0.3, 0.4) is 0 Å². The van der Waals surface area contributed by atoms with Gasteiger partial charge in [0.05, 0.1) is 18.1 Å². The van der Waals surface area contributed by atoms with E-state index in [1.165, 1.54) is 16.8 Å². The van der Waals surface area contributed by atoms with Gasteiger partial charge < -0.3 is 4.90 Å². The third kappa shape index (κ3) is 4.56. The molecule has 0 aliphatic carbocycles. The van der Waals surface area contributed by atoms with Gasteiger partial charge in [-0.3, -0.25) is 14.5 Å². The molecule has 154 valence electrons. The van der Waals surface area contributed by atoms with Gasteiger partial charge in [-0.2, -0.15) is 5.10 Å². The van der Waals surface area contributed by atoms with Crippen LogP contribution in [-0.2, 0) is 16.4 Å². The van der Waals surface area contributed by atoms with Gasteiger partial charge in [0.2, 0.25) is 0 Å². The molecule has 1 amide bonds. The Morgan fingerprint density at radius 2 is 1.76 bits per heavy atom. The van der Waals surface area contributed by atoms with Crippen molar-refractivity contribution < 1.29 is 13.2 Å². The number of piperazine rings is 1. The minimum atomic E-state index is -2.92. The van der Waals surface area contributed by atoms with Gasteiger partial charge in [-0.25, -0.2) is 13.1 Å². The molecule has 0 radical (unpaired) electrons. The smallest absolute Gasteiger partial charge is 0.274 e. The van der Waals surface area contributed by atoms with E-state index in [4.69, 9.17) is 0 Å². The molecule has 0 saturated carbocycles. The Bertz CT molecular complexity index is 1040. The molecule has 8 nitrogen and oxygen atoms in total. The topological polar surface area (TPSA) is 92.6 Å². The number of carbonyl (C=O) groups excluding carboxylic acids is 1. The van der Waals surface area contributed by atoms with E-state index in [0.29, 0.717) is 39.1 Å². The van der Waals surface area contributed by atoms with E-state index < -0.39 is 9.84 Å². The summed E-state index contributed by atoms with van der Waals surface area (Å²) in [4.78, 5) is 28.9. The Morgan fingerprint density at radius 1 is 1.03 bits per heavy atom.